The Kier molecular flexibility index (Phi) is 4.60. The van der Waals surface area contributed by atoms with Gasteiger partial charge in [-0.2, -0.15) is 0 Å². The van der Waals surface area contributed by atoms with E-state index in [9.17, 15) is 4.79 Å². The van der Waals surface area contributed by atoms with Crippen LogP contribution >= 0.6 is 12.4 Å². The smallest absolute Gasteiger partial charge is 0.289 e. The molecule has 0 aliphatic carbocycles. The Morgan fingerprint density at radius 1 is 1.59 bits per heavy atom. The minimum Gasteiger partial charge on any atom is -0.456 e. The van der Waals surface area contributed by atoms with Crippen molar-refractivity contribution in [2.75, 3.05) is 13.1 Å². The summed E-state index contributed by atoms with van der Waals surface area (Å²) in [6.07, 6.45) is 0.988. The van der Waals surface area contributed by atoms with Crippen LogP contribution in [0.2, 0.25) is 0 Å². The van der Waals surface area contributed by atoms with Crippen molar-refractivity contribution in [2.24, 2.45) is 11.7 Å². The van der Waals surface area contributed by atoms with Gasteiger partial charge in [0.15, 0.2) is 5.76 Å². The van der Waals surface area contributed by atoms with Gasteiger partial charge in [-0.05, 0) is 44.9 Å². The lowest BCUT2D eigenvalue weighted by Crippen LogP contribution is -2.34. The number of aryl methyl sites for hydroxylation is 1. The molecule has 0 saturated carbocycles. The number of carbonyl (C=O) groups is 1. The van der Waals surface area contributed by atoms with Gasteiger partial charge >= 0.3 is 0 Å². The second-order valence-corrected chi connectivity index (χ2v) is 4.55. The molecule has 2 unspecified atom stereocenters. The van der Waals surface area contributed by atoms with Crippen LogP contribution in [0, 0.1) is 12.8 Å². The van der Waals surface area contributed by atoms with Gasteiger partial charge in [0, 0.05) is 12.6 Å². The van der Waals surface area contributed by atoms with Crippen LogP contribution in [-0.2, 0) is 0 Å². The first kappa shape index (κ1) is 14.1. The van der Waals surface area contributed by atoms with Gasteiger partial charge in [0.05, 0.1) is 0 Å². The molecule has 1 aromatic rings. The third kappa shape index (κ3) is 2.82. The molecule has 96 valence electrons. The first-order valence-corrected chi connectivity index (χ1v) is 5.69. The van der Waals surface area contributed by atoms with Gasteiger partial charge in [0.25, 0.3) is 5.91 Å². The molecule has 1 saturated heterocycles. The zero-order valence-electron chi connectivity index (χ0n) is 10.2. The third-order valence-electron chi connectivity index (χ3n) is 3.21. The van der Waals surface area contributed by atoms with Crippen LogP contribution in [0.25, 0.3) is 0 Å². The molecule has 0 radical (unpaired) electrons. The molecule has 2 atom stereocenters. The largest absolute Gasteiger partial charge is 0.456 e. The molecule has 0 spiro atoms. The molecule has 1 aliphatic heterocycles. The fraction of sp³-hybridized carbons (Fsp3) is 0.583. The average molecular weight is 259 g/mol. The molecule has 1 fully saturated rings. The van der Waals surface area contributed by atoms with Gasteiger partial charge in [-0.3, -0.25) is 4.79 Å². The van der Waals surface area contributed by atoms with Gasteiger partial charge in [-0.1, -0.05) is 0 Å². The molecule has 5 heteroatoms. The molecule has 4 nitrogen and oxygen atoms in total. The SMILES string of the molecule is Cc1ccc(C(=O)N2CC(CN)CC2C)o1.Cl. The van der Waals surface area contributed by atoms with E-state index in [-0.39, 0.29) is 24.4 Å². The highest BCUT2D eigenvalue weighted by molar-refractivity contribution is 5.92. The molecule has 1 aliphatic rings. The van der Waals surface area contributed by atoms with Crippen LogP contribution in [0.3, 0.4) is 0 Å². The van der Waals surface area contributed by atoms with E-state index in [1.165, 1.54) is 0 Å². The molecular weight excluding hydrogens is 240 g/mol. The maximum Gasteiger partial charge on any atom is 0.289 e. The Bertz CT molecular complexity index is 392. The lowest BCUT2D eigenvalue weighted by molar-refractivity contribution is 0.0710. The lowest BCUT2D eigenvalue weighted by Gasteiger charge is -2.19. The predicted octanol–water partition coefficient (Wildman–Crippen LogP) is 1.82. The number of nitrogens with two attached hydrogens (primary N) is 1. The fourth-order valence-electron chi connectivity index (χ4n) is 2.29. The first-order chi connectivity index (χ1) is 7.61. The summed E-state index contributed by atoms with van der Waals surface area (Å²) >= 11 is 0. The summed E-state index contributed by atoms with van der Waals surface area (Å²) in [6.45, 7) is 5.29. The van der Waals surface area contributed by atoms with Gasteiger partial charge in [-0.15, -0.1) is 12.4 Å². The van der Waals surface area contributed by atoms with Crippen LogP contribution in [0.15, 0.2) is 16.5 Å². The predicted molar refractivity (Wildman–Crippen MR) is 68.4 cm³/mol. The Labute approximate surface area is 108 Å². The zero-order valence-corrected chi connectivity index (χ0v) is 11.0. The van der Waals surface area contributed by atoms with Gasteiger partial charge in [0.1, 0.15) is 5.76 Å². The monoisotopic (exact) mass is 258 g/mol. The van der Waals surface area contributed by atoms with Crippen molar-refractivity contribution in [3.8, 4) is 0 Å². The number of carbonyl (C=O) groups excluding carboxylic acids is 1. The maximum atomic E-state index is 12.1. The van der Waals surface area contributed by atoms with E-state index in [2.05, 4.69) is 6.92 Å². The normalized spacial score (nSPS) is 23.6. The summed E-state index contributed by atoms with van der Waals surface area (Å²) in [5.41, 5.74) is 5.64. The summed E-state index contributed by atoms with van der Waals surface area (Å²) in [7, 11) is 0. The Balaban J connectivity index is 0.00000144. The van der Waals surface area contributed by atoms with Crippen molar-refractivity contribution >= 4 is 18.3 Å². The standard InChI is InChI=1S/C12H18N2O2.ClH/c1-8-5-10(6-13)7-14(8)12(15)11-4-3-9(2)16-11;/h3-4,8,10H,5-7,13H2,1-2H3;1H. The van der Waals surface area contributed by atoms with Gasteiger partial charge in [0.2, 0.25) is 0 Å². The number of hydrogen-bond donors (Lipinski definition) is 1. The second kappa shape index (κ2) is 5.56. The number of rotatable bonds is 2. The molecule has 2 heterocycles. The molecular formula is C12H19ClN2O2. The highest BCUT2D eigenvalue weighted by Crippen LogP contribution is 2.24. The number of likely N-dealkylation sites (tertiary alicyclic amines) is 1. The number of amides is 1. The summed E-state index contributed by atoms with van der Waals surface area (Å²) in [4.78, 5) is 14.0. The lowest BCUT2D eigenvalue weighted by atomic mass is 10.1. The van der Waals surface area contributed by atoms with E-state index < -0.39 is 0 Å². The van der Waals surface area contributed by atoms with Crippen molar-refractivity contribution in [2.45, 2.75) is 26.3 Å². The van der Waals surface area contributed by atoms with Gasteiger partial charge in [-0.25, -0.2) is 0 Å². The molecule has 2 N–H and O–H groups in total. The summed E-state index contributed by atoms with van der Waals surface area (Å²) in [5, 5.41) is 0. The van der Waals surface area contributed by atoms with E-state index in [1.807, 2.05) is 17.9 Å². The number of hydrogen-bond acceptors (Lipinski definition) is 3. The quantitative estimate of drug-likeness (QED) is 0.880. The Morgan fingerprint density at radius 2 is 2.29 bits per heavy atom. The molecule has 1 aromatic heterocycles. The minimum absolute atomic E-state index is 0. The van der Waals surface area contributed by atoms with Crippen molar-refractivity contribution in [3.05, 3.63) is 23.7 Å². The summed E-state index contributed by atoms with van der Waals surface area (Å²) < 4.78 is 5.35. The molecule has 17 heavy (non-hydrogen) atoms. The highest BCUT2D eigenvalue weighted by Gasteiger charge is 2.33. The van der Waals surface area contributed by atoms with E-state index in [1.54, 1.807) is 6.07 Å². The van der Waals surface area contributed by atoms with E-state index in [4.69, 9.17) is 10.2 Å². The van der Waals surface area contributed by atoms with E-state index >= 15 is 0 Å². The summed E-state index contributed by atoms with van der Waals surface area (Å²) in [5.74, 6) is 1.61. The fourth-order valence-corrected chi connectivity index (χ4v) is 2.29. The maximum absolute atomic E-state index is 12.1. The molecule has 2 rings (SSSR count). The third-order valence-corrected chi connectivity index (χ3v) is 3.21. The van der Waals surface area contributed by atoms with Crippen LogP contribution in [0.4, 0.5) is 0 Å². The number of halogens is 1. The van der Waals surface area contributed by atoms with Gasteiger partial charge < -0.3 is 15.1 Å². The Morgan fingerprint density at radius 3 is 2.76 bits per heavy atom. The van der Waals surface area contributed by atoms with Crippen molar-refractivity contribution in [1.29, 1.82) is 0 Å². The van der Waals surface area contributed by atoms with Crippen molar-refractivity contribution < 1.29 is 9.21 Å². The molecule has 0 bridgehead atoms. The molecule has 1 amide bonds. The highest BCUT2D eigenvalue weighted by atomic mass is 35.5. The molecule has 0 aromatic carbocycles. The van der Waals surface area contributed by atoms with Crippen molar-refractivity contribution in [3.63, 3.8) is 0 Å². The van der Waals surface area contributed by atoms with Crippen LogP contribution in [-0.4, -0.2) is 29.9 Å². The number of furan rings is 1. The first-order valence-electron chi connectivity index (χ1n) is 5.69. The van der Waals surface area contributed by atoms with Crippen LogP contribution in [0.5, 0.6) is 0 Å². The van der Waals surface area contributed by atoms with Crippen LogP contribution in [0.1, 0.15) is 29.7 Å². The number of nitrogens with zero attached hydrogens (tertiary/aromatic N) is 1. The van der Waals surface area contributed by atoms with E-state index in [0.29, 0.717) is 18.2 Å². The minimum atomic E-state index is -0.0171. The van der Waals surface area contributed by atoms with Crippen molar-refractivity contribution in [1.82, 2.24) is 4.90 Å². The second-order valence-electron chi connectivity index (χ2n) is 4.55. The topological polar surface area (TPSA) is 59.5 Å². The average Bonchev–Trinajstić information content (AvgIpc) is 2.83. The van der Waals surface area contributed by atoms with Crippen LogP contribution < -0.4 is 5.73 Å². The Hall–Kier alpha value is -1.00. The summed E-state index contributed by atoms with van der Waals surface area (Å²) in [6, 6.07) is 3.81. The van der Waals surface area contributed by atoms with E-state index in [0.717, 1.165) is 18.7 Å². The zero-order chi connectivity index (χ0) is 11.7.